The highest BCUT2D eigenvalue weighted by atomic mass is 35.5. The first-order chi connectivity index (χ1) is 25.8. The highest BCUT2D eigenvalue weighted by Crippen LogP contribution is 2.51. The molecule has 0 saturated carbocycles. The zero-order chi connectivity index (χ0) is 38.0. The van der Waals surface area contributed by atoms with E-state index in [1.54, 1.807) is 24.3 Å². The minimum atomic E-state index is -2.02. The smallest absolute Gasteiger partial charge is 0.390 e. The molecule has 0 unspecified atom stereocenters. The van der Waals surface area contributed by atoms with E-state index in [1.165, 1.54) is 0 Å². The molecule has 2 aromatic heterocycles. The maximum Gasteiger partial charge on any atom is 0.453 e. The van der Waals surface area contributed by atoms with Gasteiger partial charge in [-0.15, -0.1) is 0 Å². The van der Waals surface area contributed by atoms with Gasteiger partial charge >= 0.3 is 16.5 Å². The molecule has 0 N–H and O–H groups in total. The van der Waals surface area contributed by atoms with Gasteiger partial charge in [0.25, 0.3) is 0 Å². The maximum atomic E-state index is 6.89. The Bertz CT molecular complexity index is 2590. The van der Waals surface area contributed by atoms with E-state index in [4.69, 9.17) is 72.2 Å². The Balaban J connectivity index is 1.37. The summed E-state index contributed by atoms with van der Waals surface area (Å²) in [6.07, 6.45) is 0. The van der Waals surface area contributed by atoms with Crippen molar-refractivity contribution in [2.75, 3.05) is 0 Å². The van der Waals surface area contributed by atoms with Crippen LogP contribution >= 0.6 is 62.9 Å². The second-order valence-corrected chi connectivity index (χ2v) is 17.0. The number of hydrogen-bond acceptors (Lipinski definition) is 6. The van der Waals surface area contributed by atoms with Crippen LogP contribution in [0.3, 0.4) is 0 Å². The molecule has 6 aromatic carbocycles. The van der Waals surface area contributed by atoms with Crippen molar-refractivity contribution < 1.29 is 25.8 Å². The van der Waals surface area contributed by atoms with Crippen LogP contribution in [-0.4, -0.2) is 0 Å². The van der Waals surface area contributed by atoms with Gasteiger partial charge < -0.3 is 25.8 Å². The third-order valence-electron chi connectivity index (χ3n) is 9.59. The van der Waals surface area contributed by atoms with Gasteiger partial charge in [-0.25, -0.2) is 0 Å². The van der Waals surface area contributed by atoms with E-state index >= 15 is 0 Å². The quantitative estimate of drug-likeness (QED) is 0.172. The Labute approximate surface area is 333 Å². The number of rotatable bonds is 5. The molecule has 2 heterocycles. The second-order valence-electron chi connectivity index (χ2n) is 13.2. The van der Waals surface area contributed by atoms with Crippen LogP contribution in [0, 0.1) is 41.5 Å². The molecule has 0 fully saturated rings. The molecule has 12 heteroatoms. The fraction of sp³-hybridized carbons (Fsp3) is 0.143. The SMILES string of the molecule is Cc1cc(C)c(Op2oc3ccc(Cl)cc3c3cc(Cl)ccc3o2)c(-c2c(C)c(C)cc(C)c2Op2oc3ccc(Cl)cc3c3cc(Cl)ccc3o2)c1C. The summed E-state index contributed by atoms with van der Waals surface area (Å²) < 4.78 is 39.8. The summed E-state index contributed by atoms with van der Waals surface area (Å²) in [6.45, 7) is 12.4. The number of fused-ring (bicyclic) bond motifs is 6. The number of hydrogen-bond donors (Lipinski definition) is 0. The number of aryl methyl sites for hydroxylation is 4. The van der Waals surface area contributed by atoms with Gasteiger partial charge in [-0.1, -0.05) is 58.5 Å². The van der Waals surface area contributed by atoms with Crippen LogP contribution in [0.4, 0.5) is 0 Å². The van der Waals surface area contributed by atoms with Crippen LogP contribution in [0.25, 0.3) is 55.0 Å². The standard InChI is InChI=1S/C42H32Cl4O6P2/c1-21-15-23(3)41(51-53-47-35-11-7-27(43)17-31(35)32-18-28(44)8-12-36(32)48-53)39(25(21)5)40-26(6)22(2)16-24(4)42(40)52-54-49-37-13-9-29(45)19-33(37)34-20-30(46)10-14-38(34)50-54/h7-20H,1-6H3. The Kier molecular flexibility index (Phi) is 9.90. The normalized spacial score (nSPS) is 11.5. The van der Waals surface area contributed by atoms with Gasteiger partial charge in [0.05, 0.1) is 0 Å². The molecule has 0 aliphatic heterocycles. The van der Waals surface area contributed by atoms with Gasteiger partial charge in [-0.2, -0.15) is 0 Å². The van der Waals surface area contributed by atoms with Gasteiger partial charge in [0.1, 0.15) is 33.8 Å². The lowest BCUT2D eigenvalue weighted by Crippen LogP contribution is -2.01. The molecule has 0 bridgehead atoms. The summed E-state index contributed by atoms with van der Waals surface area (Å²) in [7, 11) is -4.05. The molecular formula is C42H32Cl4O6P2. The van der Waals surface area contributed by atoms with Gasteiger partial charge in [0, 0.05) is 52.8 Å². The molecular weight excluding hydrogens is 804 g/mol. The minimum absolute atomic E-state index is 0.559. The van der Waals surface area contributed by atoms with Crippen LogP contribution in [0.2, 0.25) is 20.1 Å². The monoisotopic (exact) mass is 834 g/mol. The average molecular weight is 836 g/mol. The second kappa shape index (κ2) is 14.5. The molecule has 0 saturated heterocycles. The fourth-order valence-corrected chi connectivity index (χ4v) is 9.67. The summed E-state index contributed by atoms with van der Waals surface area (Å²) in [6, 6.07) is 25.9. The zero-order valence-corrected chi connectivity index (χ0v) is 34.8. The summed E-state index contributed by atoms with van der Waals surface area (Å²) in [4.78, 5) is 0. The topological polar surface area (TPSA) is 71.0 Å². The molecule has 0 amide bonds. The van der Waals surface area contributed by atoms with Crippen molar-refractivity contribution in [3.8, 4) is 22.6 Å². The van der Waals surface area contributed by atoms with Crippen molar-refractivity contribution in [2.45, 2.75) is 41.5 Å². The van der Waals surface area contributed by atoms with Crippen molar-refractivity contribution >= 4 is 107 Å². The van der Waals surface area contributed by atoms with E-state index in [0.717, 1.165) is 66.1 Å². The summed E-state index contributed by atoms with van der Waals surface area (Å²) in [5, 5.41) is 5.25. The Morgan fingerprint density at radius 3 is 0.944 bits per heavy atom. The zero-order valence-electron chi connectivity index (χ0n) is 29.9. The molecule has 8 rings (SSSR count). The minimum Gasteiger partial charge on any atom is -0.390 e. The largest absolute Gasteiger partial charge is 0.453 e. The highest BCUT2D eigenvalue weighted by molar-refractivity contribution is 7.32. The van der Waals surface area contributed by atoms with Crippen molar-refractivity contribution in [3.63, 3.8) is 0 Å². The first-order valence-corrected chi connectivity index (χ1v) is 20.6. The molecule has 0 radical (unpaired) electrons. The third-order valence-corrected chi connectivity index (χ3v) is 12.6. The Morgan fingerprint density at radius 1 is 0.389 bits per heavy atom. The number of benzene rings is 6. The van der Waals surface area contributed by atoms with Crippen LogP contribution in [0.5, 0.6) is 11.5 Å². The summed E-state index contributed by atoms with van der Waals surface area (Å²) in [5.74, 6) is 1.20. The van der Waals surface area contributed by atoms with Crippen LogP contribution in [-0.2, 0) is 0 Å². The van der Waals surface area contributed by atoms with Gasteiger partial charge in [0.2, 0.25) is 0 Å². The molecule has 0 atom stereocenters. The van der Waals surface area contributed by atoms with Crippen molar-refractivity contribution in [3.05, 3.63) is 138 Å². The van der Waals surface area contributed by atoms with Crippen molar-refractivity contribution in [2.24, 2.45) is 0 Å². The molecule has 0 aliphatic carbocycles. The van der Waals surface area contributed by atoms with Crippen molar-refractivity contribution in [1.29, 1.82) is 0 Å². The lowest BCUT2D eigenvalue weighted by atomic mass is 9.87. The molecule has 0 spiro atoms. The van der Waals surface area contributed by atoms with E-state index in [-0.39, 0.29) is 0 Å². The maximum absolute atomic E-state index is 6.89. The van der Waals surface area contributed by atoms with Crippen LogP contribution < -0.4 is 9.05 Å². The fourth-order valence-electron chi connectivity index (χ4n) is 6.71. The first kappa shape index (κ1) is 36.8. The third kappa shape index (κ3) is 6.86. The molecule has 8 aromatic rings. The van der Waals surface area contributed by atoms with Crippen LogP contribution in [0.15, 0.2) is 102 Å². The molecule has 0 aliphatic rings. The predicted molar refractivity (Wildman–Crippen MR) is 225 cm³/mol. The summed E-state index contributed by atoms with van der Waals surface area (Å²) in [5.41, 5.74) is 9.93. The number of halogens is 4. The summed E-state index contributed by atoms with van der Waals surface area (Å²) >= 11 is 25.8. The lowest BCUT2D eigenvalue weighted by Gasteiger charge is -2.22. The van der Waals surface area contributed by atoms with Gasteiger partial charge in [0.15, 0.2) is 0 Å². The molecule has 6 nitrogen and oxygen atoms in total. The predicted octanol–water partition coefficient (Wildman–Crippen LogP) is 16.7. The first-order valence-electron chi connectivity index (χ1n) is 16.9. The van der Waals surface area contributed by atoms with Gasteiger partial charge in [-0.3, -0.25) is 0 Å². The molecule has 274 valence electrons. The van der Waals surface area contributed by atoms with Gasteiger partial charge in [-0.05, 0) is 148 Å². The van der Waals surface area contributed by atoms with E-state index < -0.39 is 16.5 Å². The van der Waals surface area contributed by atoms with E-state index in [2.05, 4.69) is 39.8 Å². The lowest BCUT2D eigenvalue weighted by molar-refractivity contribution is 0.491. The Hall–Kier alpha value is -4.12. The highest BCUT2D eigenvalue weighted by Gasteiger charge is 2.26. The molecule has 54 heavy (non-hydrogen) atoms. The van der Waals surface area contributed by atoms with E-state index in [0.29, 0.717) is 53.9 Å². The van der Waals surface area contributed by atoms with Crippen molar-refractivity contribution in [1.82, 2.24) is 0 Å². The van der Waals surface area contributed by atoms with Crippen LogP contribution in [0.1, 0.15) is 33.4 Å². The average Bonchev–Trinajstić information content (AvgIpc) is 3.37. The van der Waals surface area contributed by atoms with E-state index in [9.17, 15) is 0 Å². The van der Waals surface area contributed by atoms with E-state index in [1.807, 2.05) is 62.4 Å². The Morgan fingerprint density at radius 2 is 0.667 bits per heavy atom.